The Balaban J connectivity index is 1.40. The third-order valence-electron chi connectivity index (χ3n) is 9.17. The number of para-hydroxylation sites is 1. The Morgan fingerprint density at radius 1 is 0.327 bits per heavy atom. The van der Waals surface area contributed by atoms with Crippen LogP contribution in [-0.4, -0.2) is 15.4 Å². The number of hydrogen-bond acceptors (Lipinski definition) is 4. The van der Waals surface area contributed by atoms with Gasteiger partial charge in [-0.25, -0.2) is 0 Å². The van der Waals surface area contributed by atoms with Crippen molar-refractivity contribution in [3.05, 3.63) is 176 Å². The molecule has 0 N–H and O–H groups in total. The fourth-order valence-corrected chi connectivity index (χ4v) is 7.00. The molecule has 0 aliphatic heterocycles. The lowest BCUT2D eigenvalue weighted by atomic mass is 9.84. The second-order valence-electron chi connectivity index (χ2n) is 12.0. The second-order valence-corrected chi connectivity index (χ2v) is 12.0. The topological polar surface area (TPSA) is 51.8 Å². The zero-order valence-electron chi connectivity index (χ0n) is 26.5. The predicted molar refractivity (Wildman–Crippen MR) is 200 cm³/mol. The number of rotatable bonds is 6. The molecule has 0 amide bonds. The first-order valence-electron chi connectivity index (χ1n) is 16.4. The lowest BCUT2D eigenvalue weighted by molar-refractivity contribution is 0.669. The van der Waals surface area contributed by atoms with Crippen molar-refractivity contribution in [2.24, 2.45) is 0 Å². The fraction of sp³-hybridized carbons (Fsp3) is 0. The minimum Gasteiger partial charge on any atom is -0.456 e. The number of furan rings is 1. The molecule has 2 heterocycles. The molecule has 4 heteroatoms. The van der Waals surface area contributed by atoms with Crippen LogP contribution < -0.4 is 0 Å². The number of aromatic nitrogens is 3. The lowest BCUT2D eigenvalue weighted by Crippen LogP contribution is -2.02. The van der Waals surface area contributed by atoms with E-state index in [0.29, 0.717) is 0 Å². The van der Waals surface area contributed by atoms with E-state index in [1.165, 1.54) is 0 Å². The third-order valence-corrected chi connectivity index (χ3v) is 9.17. The van der Waals surface area contributed by atoms with E-state index in [2.05, 4.69) is 145 Å². The van der Waals surface area contributed by atoms with Gasteiger partial charge < -0.3 is 4.42 Å². The van der Waals surface area contributed by atoms with Gasteiger partial charge in [0.1, 0.15) is 22.6 Å². The smallest absolute Gasteiger partial charge is 0.136 e. The average Bonchev–Trinajstić information content (AvgIpc) is 3.57. The molecule has 4 nitrogen and oxygen atoms in total. The Morgan fingerprint density at radius 3 is 1.53 bits per heavy atom. The van der Waals surface area contributed by atoms with E-state index in [4.69, 9.17) is 14.6 Å². The Labute approximate surface area is 284 Å². The summed E-state index contributed by atoms with van der Waals surface area (Å²) in [7, 11) is 0. The highest BCUT2D eigenvalue weighted by molar-refractivity contribution is 6.17. The van der Waals surface area contributed by atoms with Gasteiger partial charge in [0.25, 0.3) is 0 Å². The molecule has 2 aromatic heterocycles. The maximum Gasteiger partial charge on any atom is 0.136 e. The van der Waals surface area contributed by atoms with E-state index < -0.39 is 0 Å². The average molecular weight is 628 g/mol. The maximum absolute atomic E-state index is 6.45. The number of benzene rings is 7. The van der Waals surface area contributed by atoms with Gasteiger partial charge in [-0.1, -0.05) is 164 Å². The van der Waals surface area contributed by atoms with Crippen LogP contribution in [0.1, 0.15) is 0 Å². The molecule has 0 aliphatic rings. The molecule has 0 saturated carbocycles. The molecule has 7 aromatic carbocycles. The van der Waals surface area contributed by atoms with Crippen LogP contribution in [0.5, 0.6) is 0 Å². The minimum absolute atomic E-state index is 0.761. The highest BCUT2D eigenvalue weighted by Crippen LogP contribution is 2.48. The van der Waals surface area contributed by atoms with Crippen LogP contribution in [0, 0.1) is 0 Å². The first kappa shape index (κ1) is 28.6. The van der Waals surface area contributed by atoms with Crippen molar-refractivity contribution in [1.82, 2.24) is 15.4 Å². The maximum atomic E-state index is 6.45. The SMILES string of the molecule is c1ccc(-c2ccccc2-c2c(-c3ccccc3)nnnc2-c2ccccc2-c2c(-c3ccccc3)ccc3oc4ccccc4c23)cc1. The second kappa shape index (κ2) is 12.2. The largest absolute Gasteiger partial charge is 0.456 e. The van der Waals surface area contributed by atoms with E-state index in [0.717, 1.165) is 89.0 Å². The molecule has 9 aromatic rings. The van der Waals surface area contributed by atoms with Gasteiger partial charge in [-0.3, -0.25) is 0 Å². The summed E-state index contributed by atoms with van der Waals surface area (Å²) < 4.78 is 6.45. The number of fused-ring (bicyclic) bond motifs is 3. The molecule has 0 atom stereocenters. The van der Waals surface area contributed by atoms with Crippen molar-refractivity contribution < 1.29 is 4.42 Å². The highest BCUT2D eigenvalue weighted by Gasteiger charge is 2.25. The van der Waals surface area contributed by atoms with Crippen molar-refractivity contribution in [1.29, 1.82) is 0 Å². The molecule has 0 saturated heterocycles. The Bertz CT molecular complexity index is 2590. The van der Waals surface area contributed by atoms with Crippen molar-refractivity contribution in [3.63, 3.8) is 0 Å². The summed E-state index contributed by atoms with van der Waals surface area (Å²) in [5, 5.41) is 16.2. The van der Waals surface area contributed by atoms with Gasteiger partial charge in [0.2, 0.25) is 0 Å². The van der Waals surface area contributed by atoms with Crippen LogP contribution in [0.2, 0.25) is 0 Å². The number of hydrogen-bond donors (Lipinski definition) is 0. The highest BCUT2D eigenvalue weighted by atomic mass is 16.3. The standard InChI is InChI=1S/C45H29N3O/c1-4-16-30(17-5-1)33-22-10-11-23-35(33)43-44(32-20-8-3-9-21-32)46-48-47-45(43)37-25-13-12-24-36(37)41-34(31-18-6-2-7-19-31)28-29-40-42(41)38-26-14-15-27-39(38)49-40/h1-29H. The first-order valence-corrected chi connectivity index (χ1v) is 16.4. The van der Waals surface area contributed by atoms with Crippen LogP contribution >= 0.6 is 0 Å². The molecule has 0 aliphatic carbocycles. The molecular formula is C45H29N3O. The Morgan fingerprint density at radius 2 is 0.837 bits per heavy atom. The summed E-state index contributed by atoms with van der Waals surface area (Å²) in [6, 6.07) is 60.8. The van der Waals surface area contributed by atoms with E-state index >= 15 is 0 Å². The summed E-state index contributed by atoms with van der Waals surface area (Å²) in [6.45, 7) is 0. The van der Waals surface area contributed by atoms with Gasteiger partial charge in [-0.15, -0.1) is 10.2 Å². The number of nitrogens with zero attached hydrogens (tertiary/aromatic N) is 3. The zero-order chi connectivity index (χ0) is 32.6. The molecule has 0 spiro atoms. The Hall–Kier alpha value is -6.65. The summed E-state index contributed by atoms with van der Waals surface area (Å²) >= 11 is 0. The van der Waals surface area contributed by atoms with Gasteiger partial charge in [-0.2, -0.15) is 0 Å². The molecule has 230 valence electrons. The monoisotopic (exact) mass is 627 g/mol. The summed E-state index contributed by atoms with van der Waals surface area (Å²) in [5.74, 6) is 0. The van der Waals surface area contributed by atoms with E-state index in [1.807, 2.05) is 36.4 Å². The molecular weight excluding hydrogens is 599 g/mol. The van der Waals surface area contributed by atoms with Gasteiger partial charge in [0, 0.05) is 33.0 Å². The first-order chi connectivity index (χ1) is 24.3. The normalized spacial score (nSPS) is 11.3. The summed E-state index contributed by atoms with van der Waals surface area (Å²) in [5.41, 5.74) is 13.7. The van der Waals surface area contributed by atoms with Crippen LogP contribution in [0.25, 0.3) is 89.0 Å². The lowest BCUT2D eigenvalue weighted by Gasteiger charge is -2.19. The van der Waals surface area contributed by atoms with Crippen molar-refractivity contribution >= 4 is 21.9 Å². The van der Waals surface area contributed by atoms with Crippen molar-refractivity contribution in [3.8, 4) is 67.0 Å². The molecule has 0 fully saturated rings. The summed E-state index contributed by atoms with van der Waals surface area (Å²) in [4.78, 5) is 0. The molecule has 49 heavy (non-hydrogen) atoms. The minimum atomic E-state index is 0.761. The van der Waals surface area contributed by atoms with Crippen LogP contribution in [0.4, 0.5) is 0 Å². The Kier molecular flexibility index (Phi) is 7.10. The fourth-order valence-electron chi connectivity index (χ4n) is 7.00. The molecule has 0 radical (unpaired) electrons. The van der Waals surface area contributed by atoms with Crippen molar-refractivity contribution in [2.45, 2.75) is 0 Å². The van der Waals surface area contributed by atoms with Crippen LogP contribution in [0.3, 0.4) is 0 Å². The van der Waals surface area contributed by atoms with Gasteiger partial charge in [-0.05, 0) is 50.7 Å². The third kappa shape index (κ3) is 4.98. The van der Waals surface area contributed by atoms with E-state index in [9.17, 15) is 0 Å². The summed E-state index contributed by atoms with van der Waals surface area (Å²) in [6.07, 6.45) is 0. The molecule has 0 unspecified atom stereocenters. The van der Waals surface area contributed by atoms with Gasteiger partial charge in [0.05, 0.1) is 0 Å². The quantitative estimate of drug-likeness (QED) is 0.184. The van der Waals surface area contributed by atoms with Crippen LogP contribution in [-0.2, 0) is 0 Å². The van der Waals surface area contributed by atoms with Crippen LogP contribution in [0.15, 0.2) is 180 Å². The molecule has 9 rings (SSSR count). The van der Waals surface area contributed by atoms with E-state index in [1.54, 1.807) is 0 Å². The molecule has 0 bridgehead atoms. The van der Waals surface area contributed by atoms with E-state index in [-0.39, 0.29) is 0 Å². The predicted octanol–water partition coefficient (Wildman–Crippen LogP) is 11.8. The van der Waals surface area contributed by atoms with Gasteiger partial charge >= 0.3 is 0 Å². The zero-order valence-corrected chi connectivity index (χ0v) is 26.5. The van der Waals surface area contributed by atoms with Gasteiger partial charge in [0.15, 0.2) is 0 Å². The van der Waals surface area contributed by atoms with Crippen molar-refractivity contribution in [2.75, 3.05) is 0 Å².